The first-order valence-corrected chi connectivity index (χ1v) is 6.25. The highest BCUT2D eigenvalue weighted by atomic mass is 15.1. The Bertz CT molecular complexity index is 235. The van der Waals surface area contributed by atoms with Crippen LogP contribution in [0.15, 0.2) is 0 Å². The predicted octanol–water partition coefficient (Wildman–Crippen LogP) is 1.47. The number of hydrogen-bond donors (Lipinski definition) is 1. The lowest BCUT2D eigenvalue weighted by Crippen LogP contribution is -2.43. The molecule has 2 atom stereocenters. The fourth-order valence-electron chi connectivity index (χ4n) is 2.59. The third-order valence-corrected chi connectivity index (χ3v) is 3.80. The van der Waals surface area contributed by atoms with Crippen molar-refractivity contribution in [3.05, 3.63) is 0 Å². The monoisotopic (exact) mass is 206 g/mol. The third kappa shape index (κ3) is 2.96. The Kier molecular flexibility index (Phi) is 3.66. The van der Waals surface area contributed by atoms with E-state index in [9.17, 15) is 0 Å². The number of likely N-dealkylation sites (tertiary alicyclic amines) is 1. The molecule has 1 saturated heterocycles. The summed E-state index contributed by atoms with van der Waals surface area (Å²) in [6.45, 7) is 5.46. The van der Waals surface area contributed by atoms with E-state index in [4.69, 9.17) is 6.42 Å². The van der Waals surface area contributed by atoms with Gasteiger partial charge in [0.15, 0.2) is 0 Å². The van der Waals surface area contributed by atoms with Crippen molar-refractivity contribution in [2.24, 2.45) is 5.92 Å². The van der Waals surface area contributed by atoms with Crippen LogP contribution in [0.5, 0.6) is 0 Å². The molecule has 2 aliphatic rings. The van der Waals surface area contributed by atoms with Gasteiger partial charge in [-0.05, 0) is 25.2 Å². The molecule has 1 saturated carbocycles. The molecule has 2 nitrogen and oxygen atoms in total. The highest BCUT2D eigenvalue weighted by molar-refractivity contribution is 4.96. The fourth-order valence-corrected chi connectivity index (χ4v) is 2.59. The van der Waals surface area contributed by atoms with Crippen LogP contribution in [0.4, 0.5) is 0 Å². The number of nitrogens with zero attached hydrogens (tertiary/aromatic N) is 1. The summed E-state index contributed by atoms with van der Waals surface area (Å²) in [7, 11) is 0. The van der Waals surface area contributed by atoms with Crippen LogP contribution in [-0.2, 0) is 0 Å². The van der Waals surface area contributed by atoms with Crippen molar-refractivity contribution in [2.45, 2.75) is 44.7 Å². The lowest BCUT2D eigenvalue weighted by molar-refractivity contribution is 0.216. The number of terminal acetylenes is 1. The second-order valence-corrected chi connectivity index (χ2v) is 4.93. The van der Waals surface area contributed by atoms with Gasteiger partial charge in [-0.15, -0.1) is 6.42 Å². The maximum Gasteiger partial charge on any atom is 0.0598 e. The third-order valence-electron chi connectivity index (χ3n) is 3.80. The van der Waals surface area contributed by atoms with Crippen LogP contribution in [0.2, 0.25) is 0 Å². The van der Waals surface area contributed by atoms with E-state index >= 15 is 0 Å². The van der Waals surface area contributed by atoms with Crippen LogP contribution >= 0.6 is 0 Å². The lowest BCUT2D eigenvalue weighted by atomic mass is 10.0. The van der Waals surface area contributed by atoms with E-state index in [1.807, 2.05) is 0 Å². The predicted molar refractivity (Wildman–Crippen MR) is 63.6 cm³/mol. The second kappa shape index (κ2) is 5.01. The zero-order valence-corrected chi connectivity index (χ0v) is 9.71. The van der Waals surface area contributed by atoms with Gasteiger partial charge in [0.1, 0.15) is 0 Å². The number of hydrogen-bond acceptors (Lipinski definition) is 2. The summed E-state index contributed by atoms with van der Waals surface area (Å²) >= 11 is 0. The Hall–Kier alpha value is -0.520. The molecule has 1 N–H and O–H groups in total. The van der Waals surface area contributed by atoms with Gasteiger partial charge in [0.05, 0.1) is 6.54 Å². The summed E-state index contributed by atoms with van der Waals surface area (Å²) in [5.74, 6) is 3.69. The fraction of sp³-hybridized carbons (Fsp3) is 0.846. The highest BCUT2D eigenvalue weighted by Crippen LogP contribution is 2.34. The minimum absolute atomic E-state index is 0.751. The molecule has 84 valence electrons. The normalized spacial score (nSPS) is 32.5. The first-order chi connectivity index (χ1) is 7.33. The SMILES string of the molecule is C#CCN1CCC(NC2CC2CC)CC1. The zero-order chi connectivity index (χ0) is 10.7. The Balaban J connectivity index is 1.64. The summed E-state index contributed by atoms with van der Waals surface area (Å²) in [6, 6.07) is 1.58. The highest BCUT2D eigenvalue weighted by Gasteiger charge is 2.36. The van der Waals surface area contributed by atoms with Crippen molar-refractivity contribution < 1.29 is 0 Å². The van der Waals surface area contributed by atoms with Crippen LogP contribution in [0.1, 0.15) is 32.6 Å². The molecule has 0 aromatic rings. The number of nitrogens with one attached hydrogen (secondary N) is 1. The maximum atomic E-state index is 5.31. The Labute approximate surface area is 93.4 Å². The minimum atomic E-state index is 0.751. The van der Waals surface area contributed by atoms with Crippen LogP contribution in [0.25, 0.3) is 0 Å². The average Bonchev–Trinajstić information content (AvgIpc) is 3.00. The lowest BCUT2D eigenvalue weighted by Gasteiger charge is -2.31. The minimum Gasteiger partial charge on any atom is -0.311 e. The topological polar surface area (TPSA) is 15.3 Å². The molecule has 0 amide bonds. The van der Waals surface area contributed by atoms with Crippen LogP contribution < -0.4 is 5.32 Å². The standard InChI is InChI=1S/C13H22N2/c1-3-7-15-8-5-12(6-9-15)14-13-10-11(13)4-2/h1,11-14H,4-10H2,2H3. The van der Waals surface area contributed by atoms with Gasteiger partial charge in [-0.3, -0.25) is 4.90 Å². The van der Waals surface area contributed by atoms with Gasteiger partial charge in [-0.1, -0.05) is 19.3 Å². The quantitative estimate of drug-likeness (QED) is 0.701. The molecule has 0 bridgehead atoms. The number of rotatable bonds is 4. The Morgan fingerprint density at radius 2 is 2.13 bits per heavy atom. The molecular formula is C13H22N2. The summed E-state index contributed by atoms with van der Waals surface area (Å²) in [4.78, 5) is 2.38. The van der Waals surface area contributed by atoms with Crippen molar-refractivity contribution in [1.82, 2.24) is 10.2 Å². The zero-order valence-electron chi connectivity index (χ0n) is 9.71. The van der Waals surface area contributed by atoms with E-state index in [1.54, 1.807) is 0 Å². The summed E-state index contributed by atoms with van der Waals surface area (Å²) in [5.41, 5.74) is 0. The molecule has 1 aliphatic carbocycles. The maximum absolute atomic E-state index is 5.31. The van der Waals surface area contributed by atoms with Crippen molar-refractivity contribution in [3.8, 4) is 12.3 Å². The smallest absolute Gasteiger partial charge is 0.0598 e. The van der Waals surface area contributed by atoms with E-state index in [1.165, 1.54) is 38.8 Å². The van der Waals surface area contributed by atoms with Crippen molar-refractivity contribution in [2.75, 3.05) is 19.6 Å². The van der Waals surface area contributed by atoms with Gasteiger partial charge < -0.3 is 5.32 Å². The van der Waals surface area contributed by atoms with Gasteiger partial charge in [-0.2, -0.15) is 0 Å². The second-order valence-electron chi connectivity index (χ2n) is 4.93. The molecule has 1 aliphatic heterocycles. The number of piperidine rings is 1. The molecule has 0 aromatic heterocycles. The van der Waals surface area contributed by atoms with E-state index in [0.29, 0.717) is 0 Å². The van der Waals surface area contributed by atoms with Crippen molar-refractivity contribution >= 4 is 0 Å². The van der Waals surface area contributed by atoms with Gasteiger partial charge in [0.25, 0.3) is 0 Å². The summed E-state index contributed by atoms with van der Waals surface area (Å²) < 4.78 is 0. The Morgan fingerprint density at radius 3 is 2.67 bits per heavy atom. The van der Waals surface area contributed by atoms with Crippen LogP contribution in [0, 0.1) is 18.3 Å². The molecule has 0 radical (unpaired) electrons. The first-order valence-electron chi connectivity index (χ1n) is 6.25. The molecule has 15 heavy (non-hydrogen) atoms. The Morgan fingerprint density at radius 1 is 1.40 bits per heavy atom. The summed E-state index contributed by atoms with van der Waals surface area (Å²) in [6.07, 6.45) is 10.6. The van der Waals surface area contributed by atoms with Gasteiger partial charge >= 0.3 is 0 Å². The first kappa shape index (κ1) is 11.0. The average molecular weight is 206 g/mol. The van der Waals surface area contributed by atoms with E-state index in [2.05, 4.69) is 23.1 Å². The van der Waals surface area contributed by atoms with E-state index in [0.717, 1.165) is 24.5 Å². The van der Waals surface area contributed by atoms with Gasteiger partial charge in [0.2, 0.25) is 0 Å². The van der Waals surface area contributed by atoms with E-state index < -0.39 is 0 Å². The van der Waals surface area contributed by atoms with Gasteiger partial charge in [0, 0.05) is 25.2 Å². The van der Waals surface area contributed by atoms with Crippen molar-refractivity contribution in [3.63, 3.8) is 0 Å². The van der Waals surface area contributed by atoms with Crippen molar-refractivity contribution in [1.29, 1.82) is 0 Å². The summed E-state index contributed by atoms with van der Waals surface area (Å²) in [5, 5.41) is 3.78. The van der Waals surface area contributed by atoms with Crippen LogP contribution in [0.3, 0.4) is 0 Å². The van der Waals surface area contributed by atoms with Gasteiger partial charge in [-0.25, -0.2) is 0 Å². The molecule has 0 spiro atoms. The molecular weight excluding hydrogens is 184 g/mol. The molecule has 1 heterocycles. The molecule has 2 fully saturated rings. The molecule has 2 unspecified atom stereocenters. The van der Waals surface area contributed by atoms with Crippen LogP contribution in [-0.4, -0.2) is 36.6 Å². The largest absolute Gasteiger partial charge is 0.311 e. The van der Waals surface area contributed by atoms with E-state index in [-0.39, 0.29) is 0 Å². The molecule has 2 heteroatoms. The molecule has 2 rings (SSSR count). The molecule has 0 aromatic carbocycles.